The van der Waals surface area contributed by atoms with Gasteiger partial charge in [0.15, 0.2) is 17.5 Å². The van der Waals surface area contributed by atoms with E-state index >= 15 is 0 Å². The Morgan fingerprint density at radius 1 is 1.08 bits per heavy atom. The van der Waals surface area contributed by atoms with Crippen molar-refractivity contribution in [3.05, 3.63) is 59.4 Å². The summed E-state index contributed by atoms with van der Waals surface area (Å²) in [7, 11) is 0. The molecule has 138 valence electrons. The largest absolute Gasteiger partial charge is 0.338 e. The number of rotatable bonds is 2. The van der Waals surface area contributed by atoms with Crippen molar-refractivity contribution in [2.45, 2.75) is 26.3 Å². The zero-order valence-corrected chi connectivity index (χ0v) is 14.7. The second-order valence-electron chi connectivity index (χ2n) is 7.44. The highest BCUT2D eigenvalue weighted by molar-refractivity contribution is 5.94. The lowest BCUT2D eigenvalue weighted by Gasteiger charge is -2.42. The number of carbonyl (C=O) groups excluding carboxylic acids is 1. The number of piperidine rings is 1. The standard InChI is InChI=1S/C20H21F3N2O/c1-20(2)11-25(8-7-17(20)24)19(26)13-5-3-12(4-6-13)14-9-15(21)18(23)16(22)10-14/h3-6,9-10,17H,7-8,11,24H2,1-2H3. The smallest absolute Gasteiger partial charge is 0.253 e. The van der Waals surface area contributed by atoms with E-state index < -0.39 is 17.5 Å². The first kappa shape index (κ1) is 18.5. The van der Waals surface area contributed by atoms with E-state index in [1.54, 1.807) is 29.2 Å². The lowest BCUT2D eigenvalue weighted by molar-refractivity contribution is 0.0533. The van der Waals surface area contributed by atoms with Gasteiger partial charge in [0.25, 0.3) is 5.91 Å². The minimum absolute atomic E-state index is 0.0530. The van der Waals surface area contributed by atoms with Gasteiger partial charge in [-0.15, -0.1) is 0 Å². The zero-order chi connectivity index (χ0) is 19.1. The lowest BCUT2D eigenvalue weighted by Crippen LogP contribution is -2.53. The van der Waals surface area contributed by atoms with Crippen LogP contribution in [0, 0.1) is 22.9 Å². The molecule has 0 radical (unpaired) electrons. The van der Waals surface area contributed by atoms with E-state index in [9.17, 15) is 18.0 Å². The van der Waals surface area contributed by atoms with Gasteiger partial charge in [-0.2, -0.15) is 0 Å². The number of halogens is 3. The maximum Gasteiger partial charge on any atom is 0.253 e. The summed E-state index contributed by atoms with van der Waals surface area (Å²) in [5.74, 6) is -4.08. The third-order valence-corrected chi connectivity index (χ3v) is 5.05. The van der Waals surface area contributed by atoms with Crippen LogP contribution in [-0.4, -0.2) is 29.9 Å². The summed E-state index contributed by atoms with van der Waals surface area (Å²) in [6.45, 7) is 5.25. The molecule has 0 spiro atoms. The van der Waals surface area contributed by atoms with E-state index in [0.717, 1.165) is 18.6 Å². The number of benzene rings is 2. The molecule has 1 fully saturated rings. The van der Waals surface area contributed by atoms with Gasteiger partial charge in [-0.1, -0.05) is 26.0 Å². The highest BCUT2D eigenvalue weighted by Crippen LogP contribution is 2.29. The van der Waals surface area contributed by atoms with Crippen LogP contribution in [-0.2, 0) is 0 Å². The molecule has 0 aliphatic carbocycles. The second-order valence-corrected chi connectivity index (χ2v) is 7.44. The van der Waals surface area contributed by atoms with E-state index in [0.29, 0.717) is 24.2 Å². The first-order chi connectivity index (χ1) is 12.2. The molecule has 1 atom stereocenters. The van der Waals surface area contributed by atoms with Crippen molar-refractivity contribution in [2.75, 3.05) is 13.1 Å². The summed E-state index contributed by atoms with van der Waals surface area (Å²) in [6.07, 6.45) is 0.741. The minimum atomic E-state index is -1.49. The molecule has 1 amide bonds. The average Bonchev–Trinajstić information content (AvgIpc) is 2.61. The van der Waals surface area contributed by atoms with E-state index in [4.69, 9.17) is 5.73 Å². The minimum Gasteiger partial charge on any atom is -0.338 e. The van der Waals surface area contributed by atoms with E-state index in [-0.39, 0.29) is 22.9 Å². The molecule has 3 rings (SSSR count). The number of carbonyl (C=O) groups is 1. The number of likely N-dealkylation sites (tertiary alicyclic amines) is 1. The average molecular weight is 362 g/mol. The summed E-state index contributed by atoms with van der Waals surface area (Å²) >= 11 is 0. The van der Waals surface area contributed by atoms with Crippen molar-refractivity contribution in [3.8, 4) is 11.1 Å². The zero-order valence-electron chi connectivity index (χ0n) is 14.7. The molecular weight excluding hydrogens is 341 g/mol. The van der Waals surface area contributed by atoms with Gasteiger partial charge in [0, 0.05) is 24.7 Å². The normalized spacial score (nSPS) is 19.5. The Labute approximate surface area is 150 Å². The van der Waals surface area contributed by atoms with Gasteiger partial charge in [-0.3, -0.25) is 4.79 Å². The molecule has 1 aliphatic rings. The van der Waals surface area contributed by atoms with Crippen LogP contribution >= 0.6 is 0 Å². The number of nitrogens with two attached hydrogens (primary N) is 1. The van der Waals surface area contributed by atoms with Crippen molar-refractivity contribution >= 4 is 5.91 Å². The molecule has 3 nitrogen and oxygen atoms in total. The molecule has 2 aromatic carbocycles. The van der Waals surface area contributed by atoms with Gasteiger partial charge in [0.2, 0.25) is 0 Å². The summed E-state index contributed by atoms with van der Waals surface area (Å²) in [5.41, 5.74) is 7.15. The van der Waals surface area contributed by atoms with Gasteiger partial charge in [0.1, 0.15) is 0 Å². The first-order valence-corrected chi connectivity index (χ1v) is 8.49. The van der Waals surface area contributed by atoms with Gasteiger partial charge in [0.05, 0.1) is 0 Å². The molecule has 2 N–H and O–H groups in total. The van der Waals surface area contributed by atoms with Crippen LogP contribution in [0.5, 0.6) is 0 Å². The van der Waals surface area contributed by atoms with Gasteiger partial charge in [-0.05, 0) is 47.2 Å². The SMILES string of the molecule is CC1(C)CN(C(=O)c2ccc(-c3cc(F)c(F)c(F)c3)cc2)CCC1N. The maximum atomic E-state index is 13.4. The first-order valence-electron chi connectivity index (χ1n) is 8.49. The molecule has 0 aromatic heterocycles. The van der Waals surface area contributed by atoms with Crippen LogP contribution < -0.4 is 5.73 Å². The quantitative estimate of drug-likeness (QED) is 0.822. The second kappa shape index (κ2) is 6.76. The van der Waals surface area contributed by atoms with Crippen LogP contribution in [0.4, 0.5) is 13.2 Å². The number of nitrogens with zero attached hydrogens (tertiary/aromatic N) is 1. The summed E-state index contributed by atoms with van der Waals surface area (Å²) in [4.78, 5) is 14.5. The monoisotopic (exact) mass is 362 g/mol. The molecule has 1 unspecified atom stereocenters. The molecular formula is C20H21F3N2O. The van der Waals surface area contributed by atoms with Crippen molar-refractivity contribution in [1.29, 1.82) is 0 Å². The predicted molar refractivity (Wildman–Crippen MR) is 94.0 cm³/mol. The number of hydrogen-bond donors (Lipinski definition) is 1. The molecule has 1 heterocycles. The van der Waals surface area contributed by atoms with Crippen molar-refractivity contribution in [2.24, 2.45) is 11.1 Å². The van der Waals surface area contributed by atoms with Gasteiger partial charge >= 0.3 is 0 Å². The Kier molecular flexibility index (Phi) is 4.80. The predicted octanol–water partition coefficient (Wildman–Crippen LogP) is 3.97. The fourth-order valence-corrected chi connectivity index (χ4v) is 3.26. The Bertz CT molecular complexity index is 810. The molecule has 1 aliphatic heterocycles. The van der Waals surface area contributed by atoms with Gasteiger partial charge in [-0.25, -0.2) is 13.2 Å². The van der Waals surface area contributed by atoms with E-state index in [1.807, 2.05) is 13.8 Å². The Morgan fingerprint density at radius 2 is 1.65 bits per heavy atom. The van der Waals surface area contributed by atoms with Crippen molar-refractivity contribution < 1.29 is 18.0 Å². The molecule has 0 bridgehead atoms. The van der Waals surface area contributed by atoms with Crippen LogP contribution in [0.3, 0.4) is 0 Å². The topological polar surface area (TPSA) is 46.3 Å². The molecule has 1 saturated heterocycles. The lowest BCUT2D eigenvalue weighted by atomic mass is 9.79. The van der Waals surface area contributed by atoms with E-state index in [2.05, 4.69) is 0 Å². The third kappa shape index (κ3) is 3.46. The number of amides is 1. The molecule has 0 saturated carbocycles. The fraction of sp³-hybridized carbons (Fsp3) is 0.350. The number of hydrogen-bond acceptors (Lipinski definition) is 2. The molecule has 6 heteroatoms. The van der Waals surface area contributed by atoms with Crippen LogP contribution in [0.25, 0.3) is 11.1 Å². The van der Waals surface area contributed by atoms with Crippen LogP contribution in [0.15, 0.2) is 36.4 Å². The third-order valence-electron chi connectivity index (χ3n) is 5.05. The summed E-state index contributed by atoms with van der Waals surface area (Å²) < 4.78 is 39.9. The highest BCUT2D eigenvalue weighted by atomic mass is 19.2. The Hall–Kier alpha value is -2.34. The molecule has 2 aromatic rings. The maximum absolute atomic E-state index is 13.4. The Balaban J connectivity index is 1.81. The fourth-order valence-electron chi connectivity index (χ4n) is 3.26. The van der Waals surface area contributed by atoms with Crippen molar-refractivity contribution in [1.82, 2.24) is 4.90 Å². The van der Waals surface area contributed by atoms with Crippen LogP contribution in [0.2, 0.25) is 0 Å². The van der Waals surface area contributed by atoms with Crippen molar-refractivity contribution in [3.63, 3.8) is 0 Å². The van der Waals surface area contributed by atoms with E-state index in [1.165, 1.54) is 0 Å². The molecule has 26 heavy (non-hydrogen) atoms. The van der Waals surface area contributed by atoms with Gasteiger partial charge < -0.3 is 10.6 Å². The summed E-state index contributed by atoms with van der Waals surface area (Å²) in [5, 5.41) is 0. The highest BCUT2D eigenvalue weighted by Gasteiger charge is 2.35. The Morgan fingerprint density at radius 3 is 2.19 bits per heavy atom. The van der Waals surface area contributed by atoms with Crippen LogP contribution in [0.1, 0.15) is 30.6 Å². The summed E-state index contributed by atoms with van der Waals surface area (Å²) in [6, 6.07) is 8.34.